The highest BCUT2D eigenvalue weighted by atomic mass is 32.1. The van der Waals surface area contributed by atoms with Crippen molar-refractivity contribution in [1.82, 2.24) is 15.5 Å². The molecule has 5 heteroatoms. The van der Waals surface area contributed by atoms with Crippen LogP contribution in [0.25, 0.3) is 0 Å². The molecule has 0 amide bonds. The van der Waals surface area contributed by atoms with Gasteiger partial charge in [-0.25, -0.2) is 0 Å². The number of aromatic nitrogens is 2. The number of ether oxygens (including phenoxy) is 1. The average Bonchev–Trinajstić information content (AvgIpc) is 2.64. The van der Waals surface area contributed by atoms with Crippen LogP contribution in [-0.2, 0) is 6.54 Å². The number of nitrogens with zero attached hydrogens (tertiary/aromatic N) is 2. The molecule has 98 valence electrons. The van der Waals surface area contributed by atoms with Crippen LogP contribution in [0.5, 0.6) is 5.19 Å². The van der Waals surface area contributed by atoms with Crippen LogP contribution in [0.2, 0.25) is 0 Å². The molecule has 1 aromatic heterocycles. The lowest BCUT2D eigenvalue weighted by molar-refractivity contribution is 0.241. The van der Waals surface area contributed by atoms with Crippen molar-refractivity contribution in [3.05, 3.63) is 5.01 Å². The molecule has 0 fully saturated rings. The lowest BCUT2D eigenvalue weighted by Gasteiger charge is -2.16. The van der Waals surface area contributed by atoms with Gasteiger partial charge in [-0.3, -0.25) is 0 Å². The zero-order valence-electron chi connectivity index (χ0n) is 11.2. The molecular weight excluding hydrogens is 234 g/mol. The van der Waals surface area contributed by atoms with Crippen LogP contribution in [-0.4, -0.2) is 23.3 Å². The van der Waals surface area contributed by atoms with Crippen molar-refractivity contribution in [2.75, 3.05) is 13.2 Å². The molecule has 0 radical (unpaired) electrons. The van der Waals surface area contributed by atoms with E-state index in [-0.39, 0.29) is 0 Å². The summed E-state index contributed by atoms with van der Waals surface area (Å²) in [5.41, 5.74) is 0.302. The molecule has 0 aliphatic carbocycles. The Balaban J connectivity index is 2.26. The van der Waals surface area contributed by atoms with Crippen molar-refractivity contribution < 1.29 is 4.74 Å². The minimum Gasteiger partial charge on any atom is -0.469 e. The van der Waals surface area contributed by atoms with E-state index in [1.54, 1.807) is 0 Å². The van der Waals surface area contributed by atoms with Gasteiger partial charge in [-0.05, 0) is 24.8 Å². The Labute approximate surface area is 108 Å². The standard InChI is InChI=1S/C12H23N3OS/c1-5-7-13-9-10-14-15-11(17-10)16-8-6-12(2,3)4/h13H,5-9H2,1-4H3. The van der Waals surface area contributed by atoms with Gasteiger partial charge in [0, 0.05) is 6.54 Å². The first kappa shape index (κ1) is 14.4. The van der Waals surface area contributed by atoms with Crippen molar-refractivity contribution in [2.24, 2.45) is 5.41 Å². The molecule has 0 atom stereocenters. The van der Waals surface area contributed by atoms with Crippen LogP contribution >= 0.6 is 11.3 Å². The topological polar surface area (TPSA) is 47.0 Å². The molecule has 1 rings (SSSR count). The maximum absolute atomic E-state index is 5.59. The molecule has 0 aromatic carbocycles. The normalized spacial score (nSPS) is 11.8. The summed E-state index contributed by atoms with van der Waals surface area (Å²) in [4.78, 5) is 0. The quantitative estimate of drug-likeness (QED) is 0.763. The predicted octanol–water partition coefficient (Wildman–Crippen LogP) is 2.85. The van der Waals surface area contributed by atoms with Gasteiger partial charge in [0.05, 0.1) is 6.61 Å². The number of hydrogen-bond donors (Lipinski definition) is 1. The molecule has 0 bridgehead atoms. The second kappa shape index (κ2) is 6.91. The van der Waals surface area contributed by atoms with E-state index in [4.69, 9.17) is 4.74 Å². The van der Waals surface area contributed by atoms with Gasteiger partial charge in [0.1, 0.15) is 5.01 Å². The Kier molecular flexibility index (Phi) is 5.85. The third-order valence-electron chi connectivity index (χ3n) is 2.23. The molecule has 1 heterocycles. The summed E-state index contributed by atoms with van der Waals surface area (Å²) in [5, 5.41) is 13.1. The molecule has 1 N–H and O–H groups in total. The number of hydrogen-bond acceptors (Lipinski definition) is 5. The van der Waals surface area contributed by atoms with Crippen LogP contribution in [0.1, 0.15) is 45.5 Å². The molecule has 0 aliphatic heterocycles. The van der Waals surface area contributed by atoms with Gasteiger partial charge in [-0.2, -0.15) is 0 Å². The van der Waals surface area contributed by atoms with E-state index in [1.807, 2.05) is 0 Å². The molecule has 0 aliphatic rings. The summed E-state index contributed by atoms with van der Waals surface area (Å²) in [6.07, 6.45) is 2.16. The van der Waals surface area contributed by atoms with Crippen molar-refractivity contribution in [1.29, 1.82) is 0 Å². The Bertz CT molecular complexity index is 320. The van der Waals surface area contributed by atoms with E-state index < -0.39 is 0 Å². The molecule has 0 saturated heterocycles. The summed E-state index contributed by atoms with van der Waals surface area (Å²) in [6.45, 7) is 11.3. The van der Waals surface area contributed by atoms with Gasteiger partial charge in [0.2, 0.25) is 0 Å². The first-order valence-corrected chi connectivity index (χ1v) is 6.99. The lowest BCUT2D eigenvalue weighted by Crippen LogP contribution is -2.13. The van der Waals surface area contributed by atoms with Crippen molar-refractivity contribution >= 4 is 11.3 Å². The zero-order chi connectivity index (χ0) is 12.7. The van der Waals surface area contributed by atoms with Gasteiger partial charge in [0.25, 0.3) is 5.19 Å². The summed E-state index contributed by atoms with van der Waals surface area (Å²) in [7, 11) is 0. The van der Waals surface area contributed by atoms with Crippen LogP contribution < -0.4 is 10.1 Å². The highest BCUT2D eigenvalue weighted by Gasteiger charge is 2.11. The Morgan fingerprint density at radius 2 is 2.06 bits per heavy atom. The molecule has 0 saturated carbocycles. The van der Waals surface area contributed by atoms with E-state index in [0.717, 1.165) is 30.9 Å². The Morgan fingerprint density at radius 1 is 1.29 bits per heavy atom. The third kappa shape index (κ3) is 6.58. The Hall–Kier alpha value is -0.680. The Morgan fingerprint density at radius 3 is 2.71 bits per heavy atom. The fourth-order valence-corrected chi connectivity index (χ4v) is 1.87. The highest BCUT2D eigenvalue weighted by Crippen LogP contribution is 2.21. The highest BCUT2D eigenvalue weighted by molar-refractivity contribution is 7.13. The molecule has 17 heavy (non-hydrogen) atoms. The van der Waals surface area contributed by atoms with Gasteiger partial charge in [-0.1, -0.05) is 39.0 Å². The fourth-order valence-electron chi connectivity index (χ4n) is 1.18. The maximum Gasteiger partial charge on any atom is 0.294 e. The van der Waals surface area contributed by atoms with Gasteiger partial charge in [-0.15, -0.1) is 10.2 Å². The van der Waals surface area contributed by atoms with E-state index in [2.05, 4.69) is 43.2 Å². The molecule has 1 aromatic rings. The summed E-state index contributed by atoms with van der Waals surface area (Å²) < 4.78 is 5.59. The average molecular weight is 257 g/mol. The smallest absolute Gasteiger partial charge is 0.294 e. The summed E-state index contributed by atoms with van der Waals surface area (Å²) in [6, 6.07) is 0. The van der Waals surface area contributed by atoms with E-state index in [1.165, 1.54) is 11.3 Å². The van der Waals surface area contributed by atoms with Crippen LogP contribution in [0.15, 0.2) is 0 Å². The van der Waals surface area contributed by atoms with E-state index in [9.17, 15) is 0 Å². The second-order valence-electron chi connectivity index (χ2n) is 5.30. The molecule has 0 spiro atoms. The number of rotatable bonds is 7. The minimum atomic E-state index is 0.302. The van der Waals surface area contributed by atoms with Crippen molar-refractivity contribution in [3.8, 4) is 5.19 Å². The van der Waals surface area contributed by atoms with E-state index >= 15 is 0 Å². The second-order valence-corrected chi connectivity index (χ2v) is 6.32. The van der Waals surface area contributed by atoms with Gasteiger partial charge in [0.15, 0.2) is 0 Å². The van der Waals surface area contributed by atoms with Crippen LogP contribution in [0, 0.1) is 5.41 Å². The van der Waals surface area contributed by atoms with E-state index in [0.29, 0.717) is 17.2 Å². The summed E-state index contributed by atoms with van der Waals surface area (Å²) >= 11 is 1.53. The maximum atomic E-state index is 5.59. The SMILES string of the molecule is CCCNCc1nnc(OCCC(C)(C)C)s1. The van der Waals surface area contributed by atoms with Crippen LogP contribution in [0.4, 0.5) is 0 Å². The minimum absolute atomic E-state index is 0.302. The monoisotopic (exact) mass is 257 g/mol. The zero-order valence-corrected chi connectivity index (χ0v) is 12.1. The first-order valence-electron chi connectivity index (χ1n) is 6.17. The van der Waals surface area contributed by atoms with Crippen molar-refractivity contribution in [2.45, 2.75) is 47.1 Å². The first-order chi connectivity index (χ1) is 8.01. The molecule has 0 unspecified atom stereocenters. The lowest BCUT2D eigenvalue weighted by atomic mass is 9.93. The predicted molar refractivity (Wildman–Crippen MR) is 71.5 cm³/mol. The largest absolute Gasteiger partial charge is 0.469 e. The number of nitrogens with one attached hydrogen (secondary N) is 1. The fraction of sp³-hybridized carbons (Fsp3) is 0.833. The molecular formula is C12H23N3OS. The van der Waals surface area contributed by atoms with Gasteiger partial charge >= 0.3 is 0 Å². The summed E-state index contributed by atoms with van der Waals surface area (Å²) in [5.74, 6) is 0. The van der Waals surface area contributed by atoms with Crippen LogP contribution in [0.3, 0.4) is 0 Å². The van der Waals surface area contributed by atoms with Crippen molar-refractivity contribution in [3.63, 3.8) is 0 Å². The molecule has 4 nitrogen and oxygen atoms in total. The third-order valence-corrected chi connectivity index (χ3v) is 3.06. The van der Waals surface area contributed by atoms with Gasteiger partial charge < -0.3 is 10.1 Å².